The van der Waals surface area contributed by atoms with Gasteiger partial charge in [0.1, 0.15) is 23.5 Å². The van der Waals surface area contributed by atoms with Gasteiger partial charge in [-0.3, -0.25) is 0 Å². The number of halogens is 1. The fourth-order valence-electron chi connectivity index (χ4n) is 2.40. The van der Waals surface area contributed by atoms with Gasteiger partial charge in [0.2, 0.25) is 0 Å². The number of hydrogen-bond donors (Lipinski definition) is 2. The van der Waals surface area contributed by atoms with Gasteiger partial charge in [-0.1, -0.05) is 0 Å². The second-order valence-electron chi connectivity index (χ2n) is 5.32. The van der Waals surface area contributed by atoms with Crippen molar-refractivity contribution >= 4 is 24.1 Å². The zero-order valence-electron chi connectivity index (χ0n) is 12.1. The first-order valence-electron chi connectivity index (χ1n) is 7.18. The van der Waals surface area contributed by atoms with Crippen LogP contribution in [0.15, 0.2) is 36.4 Å². The Morgan fingerprint density at radius 2 is 2.00 bits per heavy atom. The number of aryl methyl sites for hydroxylation is 1. The van der Waals surface area contributed by atoms with Crippen LogP contribution in [0.2, 0.25) is 0 Å². The fraction of sp³-hybridized carbons (Fsp3) is 0.312. The molecule has 6 heteroatoms. The number of hydrogen-bond acceptors (Lipinski definition) is 5. The predicted octanol–water partition coefficient (Wildman–Crippen LogP) is 2.54. The molecule has 4 nitrogen and oxygen atoms in total. The maximum atomic E-state index is 12.9. The average molecular weight is 319 g/mol. The first-order chi connectivity index (χ1) is 10.6. The first kappa shape index (κ1) is 15.0. The van der Waals surface area contributed by atoms with Gasteiger partial charge in [-0.15, -0.1) is 0 Å². The van der Waals surface area contributed by atoms with Crippen molar-refractivity contribution in [3.8, 4) is 5.75 Å². The fourth-order valence-corrected chi connectivity index (χ4v) is 2.63. The summed E-state index contributed by atoms with van der Waals surface area (Å²) in [6.07, 6.45) is 0.881. The Bertz CT molecular complexity index is 644. The molecular weight excluding hydrogens is 301 g/mol. The molecular formula is C16H18FN3OS. The number of rotatable bonds is 5. The molecule has 1 saturated heterocycles. The van der Waals surface area contributed by atoms with E-state index < -0.39 is 0 Å². The number of nitrogen functional groups attached to an aromatic ring is 1. The molecule has 0 aliphatic carbocycles. The monoisotopic (exact) mass is 319 g/mol. The number of ether oxygens (including phenoxy) is 1. The van der Waals surface area contributed by atoms with E-state index in [0.29, 0.717) is 11.4 Å². The lowest BCUT2D eigenvalue weighted by atomic mass is 10.1. The molecule has 0 atom stereocenters. The third kappa shape index (κ3) is 3.44. The molecule has 2 heterocycles. The lowest BCUT2D eigenvalue weighted by Crippen LogP contribution is -2.54. The van der Waals surface area contributed by atoms with Crippen LogP contribution in [0, 0.1) is 5.82 Å². The van der Waals surface area contributed by atoms with Crippen LogP contribution in [-0.4, -0.2) is 29.9 Å². The summed E-state index contributed by atoms with van der Waals surface area (Å²) in [4.78, 5) is 6.71. The molecule has 1 aromatic heterocycles. The summed E-state index contributed by atoms with van der Waals surface area (Å²) in [6.45, 7) is 1.49. The van der Waals surface area contributed by atoms with Gasteiger partial charge in [0.25, 0.3) is 0 Å². The van der Waals surface area contributed by atoms with Crippen molar-refractivity contribution < 1.29 is 9.13 Å². The van der Waals surface area contributed by atoms with Gasteiger partial charge in [-0.05, 0) is 42.5 Å². The van der Waals surface area contributed by atoms with E-state index >= 15 is 0 Å². The minimum Gasteiger partial charge on any atom is -0.487 e. The van der Waals surface area contributed by atoms with Gasteiger partial charge in [0.15, 0.2) is 0 Å². The zero-order chi connectivity index (χ0) is 15.5. The Morgan fingerprint density at radius 3 is 2.68 bits per heavy atom. The smallest absolute Gasteiger partial charge is 0.134 e. The van der Waals surface area contributed by atoms with E-state index in [2.05, 4.69) is 22.5 Å². The molecule has 0 radical (unpaired) electrons. The van der Waals surface area contributed by atoms with Crippen molar-refractivity contribution in [2.75, 3.05) is 29.5 Å². The molecule has 0 amide bonds. The largest absolute Gasteiger partial charge is 0.487 e. The molecule has 116 valence electrons. The molecule has 22 heavy (non-hydrogen) atoms. The molecule has 0 bridgehead atoms. The van der Waals surface area contributed by atoms with E-state index in [9.17, 15) is 4.39 Å². The van der Waals surface area contributed by atoms with Gasteiger partial charge >= 0.3 is 0 Å². The van der Waals surface area contributed by atoms with Gasteiger partial charge in [-0.2, -0.15) is 12.6 Å². The topological polar surface area (TPSA) is 51.4 Å². The number of nitrogens with zero attached hydrogens (tertiary/aromatic N) is 2. The van der Waals surface area contributed by atoms with Crippen LogP contribution in [0.3, 0.4) is 0 Å². The molecule has 0 saturated carbocycles. The summed E-state index contributed by atoms with van der Waals surface area (Å²) >= 11 is 4.22. The molecule has 2 N–H and O–H groups in total. The summed E-state index contributed by atoms with van der Waals surface area (Å²) < 4.78 is 18.6. The van der Waals surface area contributed by atoms with Crippen LogP contribution >= 0.6 is 12.6 Å². The van der Waals surface area contributed by atoms with Crippen molar-refractivity contribution in [2.24, 2.45) is 0 Å². The SMILES string of the molecule is Nc1cc(CCS)nc(N2CC(Oc3ccc(F)cc3)C2)c1. The molecule has 2 aromatic rings. The van der Waals surface area contributed by atoms with Crippen LogP contribution < -0.4 is 15.4 Å². The van der Waals surface area contributed by atoms with Crippen LogP contribution in [0.25, 0.3) is 0 Å². The van der Waals surface area contributed by atoms with E-state index in [-0.39, 0.29) is 11.9 Å². The van der Waals surface area contributed by atoms with Crippen molar-refractivity contribution in [3.63, 3.8) is 0 Å². The number of anilines is 2. The van der Waals surface area contributed by atoms with Crippen LogP contribution in [0.4, 0.5) is 15.9 Å². The Kier molecular flexibility index (Phi) is 4.38. The van der Waals surface area contributed by atoms with Gasteiger partial charge in [-0.25, -0.2) is 9.37 Å². The maximum absolute atomic E-state index is 12.9. The van der Waals surface area contributed by atoms with E-state index in [0.717, 1.165) is 36.8 Å². The van der Waals surface area contributed by atoms with E-state index in [1.807, 2.05) is 12.1 Å². The van der Waals surface area contributed by atoms with Gasteiger partial charge in [0, 0.05) is 17.4 Å². The lowest BCUT2D eigenvalue weighted by Gasteiger charge is -2.40. The quantitative estimate of drug-likeness (QED) is 0.832. The molecule has 3 rings (SSSR count). The number of nitrogens with two attached hydrogens (primary N) is 1. The van der Waals surface area contributed by atoms with Crippen LogP contribution in [0.5, 0.6) is 5.75 Å². The molecule has 1 aliphatic rings. The van der Waals surface area contributed by atoms with E-state index in [1.165, 1.54) is 12.1 Å². The summed E-state index contributed by atoms with van der Waals surface area (Å²) in [7, 11) is 0. The summed E-state index contributed by atoms with van der Waals surface area (Å²) in [5, 5.41) is 0. The van der Waals surface area contributed by atoms with E-state index in [1.54, 1.807) is 12.1 Å². The third-order valence-corrected chi connectivity index (χ3v) is 3.77. The third-order valence-electron chi connectivity index (χ3n) is 3.54. The summed E-state index contributed by atoms with van der Waals surface area (Å²) in [5.41, 5.74) is 7.58. The number of benzene rings is 1. The molecule has 0 unspecified atom stereocenters. The maximum Gasteiger partial charge on any atom is 0.134 e. The van der Waals surface area contributed by atoms with Crippen molar-refractivity contribution in [1.82, 2.24) is 4.98 Å². The highest BCUT2D eigenvalue weighted by atomic mass is 32.1. The molecule has 0 spiro atoms. The summed E-state index contributed by atoms with van der Waals surface area (Å²) in [5.74, 6) is 2.04. The normalized spacial score (nSPS) is 14.7. The second kappa shape index (κ2) is 6.44. The minimum absolute atomic E-state index is 0.0852. The van der Waals surface area contributed by atoms with E-state index in [4.69, 9.17) is 10.5 Å². The molecule has 1 aliphatic heterocycles. The van der Waals surface area contributed by atoms with Crippen LogP contribution in [-0.2, 0) is 6.42 Å². The molecule has 1 aromatic carbocycles. The lowest BCUT2D eigenvalue weighted by molar-refractivity contribution is 0.166. The van der Waals surface area contributed by atoms with Crippen molar-refractivity contribution in [2.45, 2.75) is 12.5 Å². The minimum atomic E-state index is -0.261. The standard InChI is InChI=1S/C16H18FN3OS/c17-11-1-3-14(4-2-11)21-15-9-20(10-15)16-8-12(18)7-13(19-16)5-6-22/h1-4,7-8,15,22H,5-6,9-10H2,(H2,18,19). The Balaban J connectivity index is 1.59. The van der Waals surface area contributed by atoms with Gasteiger partial charge in [0.05, 0.1) is 13.1 Å². The predicted molar refractivity (Wildman–Crippen MR) is 89.2 cm³/mol. The Labute approximate surface area is 134 Å². The highest BCUT2D eigenvalue weighted by Crippen LogP contribution is 2.25. The Morgan fingerprint density at radius 1 is 1.27 bits per heavy atom. The number of thiol groups is 1. The Hall–Kier alpha value is -1.95. The number of pyridine rings is 1. The first-order valence-corrected chi connectivity index (χ1v) is 7.82. The second-order valence-corrected chi connectivity index (χ2v) is 5.77. The van der Waals surface area contributed by atoms with Gasteiger partial charge < -0.3 is 15.4 Å². The zero-order valence-corrected chi connectivity index (χ0v) is 13.0. The highest BCUT2D eigenvalue weighted by Gasteiger charge is 2.29. The van der Waals surface area contributed by atoms with Crippen molar-refractivity contribution in [1.29, 1.82) is 0 Å². The molecule has 1 fully saturated rings. The average Bonchev–Trinajstić information content (AvgIpc) is 2.44. The van der Waals surface area contributed by atoms with Crippen molar-refractivity contribution in [3.05, 3.63) is 47.9 Å². The highest BCUT2D eigenvalue weighted by molar-refractivity contribution is 7.80. The number of aromatic nitrogens is 1. The van der Waals surface area contributed by atoms with Crippen LogP contribution in [0.1, 0.15) is 5.69 Å². The summed E-state index contributed by atoms with van der Waals surface area (Å²) in [6, 6.07) is 9.83.